The Morgan fingerprint density at radius 1 is 1.18 bits per heavy atom. The molecule has 0 aromatic heterocycles. The zero-order valence-corrected chi connectivity index (χ0v) is 15.9. The molecule has 0 radical (unpaired) electrons. The van der Waals surface area contributed by atoms with Gasteiger partial charge in [-0.2, -0.15) is 18.4 Å². The molecule has 0 spiro atoms. The minimum absolute atomic E-state index is 0.0112. The molecule has 0 aliphatic carbocycles. The number of carbonyl (C=O) groups excluding carboxylic acids is 1. The number of esters is 1. The van der Waals surface area contributed by atoms with Crippen LogP contribution in [0.25, 0.3) is 0 Å². The highest BCUT2D eigenvalue weighted by atomic mass is 35.5. The van der Waals surface area contributed by atoms with E-state index in [1.54, 1.807) is 0 Å². The van der Waals surface area contributed by atoms with Crippen molar-refractivity contribution in [3.63, 3.8) is 0 Å². The molecule has 1 unspecified atom stereocenters. The second-order valence-corrected chi connectivity index (χ2v) is 6.24. The molecule has 0 aliphatic rings. The lowest BCUT2D eigenvalue weighted by Gasteiger charge is -2.16. The monoisotopic (exact) mass is 433 g/mol. The van der Waals surface area contributed by atoms with Crippen molar-refractivity contribution in [1.82, 2.24) is 0 Å². The number of nitriles is 1. The Morgan fingerprint density at radius 2 is 1.79 bits per heavy atom. The van der Waals surface area contributed by atoms with Crippen molar-refractivity contribution in [2.45, 2.75) is 19.2 Å². The van der Waals surface area contributed by atoms with E-state index in [4.69, 9.17) is 37.9 Å². The van der Waals surface area contributed by atoms with E-state index in [1.165, 1.54) is 32.2 Å². The molecule has 148 valence electrons. The number of hydrogen-bond acceptors (Lipinski definition) is 5. The third-order valence-corrected chi connectivity index (χ3v) is 4.02. The van der Waals surface area contributed by atoms with Crippen LogP contribution in [0.2, 0.25) is 10.0 Å². The average Bonchev–Trinajstić information content (AvgIpc) is 2.63. The molecular weight excluding hydrogens is 422 g/mol. The minimum Gasteiger partial charge on any atom is -0.477 e. The molecule has 0 N–H and O–H groups in total. The number of rotatable bonds is 5. The van der Waals surface area contributed by atoms with Gasteiger partial charge < -0.3 is 14.2 Å². The van der Waals surface area contributed by atoms with Gasteiger partial charge >= 0.3 is 12.1 Å². The van der Waals surface area contributed by atoms with Crippen LogP contribution in [-0.2, 0) is 15.7 Å². The van der Waals surface area contributed by atoms with E-state index in [0.29, 0.717) is 12.1 Å². The highest BCUT2D eigenvalue weighted by molar-refractivity contribution is 6.37. The van der Waals surface area contributed by atoms with Crippen molar-refractivity contribution >= 4 is 29.2 Å². The molecule has 2 rings (SSSR count). The van der Waals surface area contributed by atoms with Gasteiger partial charge in [-0.25, -0.2) is 4.79 Å². The van der Waals surface area contributed by atoms with E-state index >= 15 is 0 Å². The second-order valence-electron chi connectivity index (χ2n) is 5.42. The van der Waals surface area contributed by atoms with E-state index in [-0.39, 0.29) is 32.9 Å². The summed E-state index contributed by atoms with van der Waals surface area (Å²) < 4.78 is 53.9. The van der Waals surface area contributed by atoms with Crippen molar-refractivity contribution in [1.29, 1.82) is 5.26 Å². The normalized spacial score (nSPS) is 12.1. The Hall–Kier alpha value is -2.63. The molecule has 0 bridgehead atoms. The number of nitrogens with zero attached hydrogens (tertiary/aromatic N) is 1. The number of benzene rings is 2. The molecular formula is C18H12Cl2F3NO4. The van der Waals surface area contributed by atoms with Crippen LogP contribution in [0.15, 0.2) is 30.3 Å². The Bertz CT molecular complexity index is 918. The van der Waals surface area contributed by atoms with Crippen molar-refractivity contribution in [2.24, 2.45) is 0 Å². The lowest BCUT2D eigenvalue weighted by atomic mass is 10.2. The number of hydrogen-bond donors (Lipinski definition) is 0. The molecule has 1 atom stereocenters. The summed E-state index contributed by atoms with van der Waals surface area (Å²) in [5, 5.41) is 8.46. The zero-order chi connectivity index (χ0) is 21.1. The number of halogens is 5. The van der Waals surface area contributed by atoms with Crippen LogP contribution < -0.4 is 9.47 Å². The minimum atomic E-state index is -4.62. The SMILES string of the molecule is COC(=O)C(C)Oc1cc(Oc2c(Cl)cc(C(F)(F)F)cc2Cl)ccc1C#N. The summed E-state index contributed by atoms with van der Waals surface area (Å²) >= 11 is 11.8. The molecule has 0 saturated carbocycles. The smallest absolute Gasteiger partial charge is 0.416 e. The molecule has 0 heterocycles. The largest absolute Gasteiger partial charge is 0.477 e. The van der Waals surface area contributed by atoms with Gasteiger partial charge in [0.2, 0.25) is 0 Å². The molecule has 10 heteroatoms. The Labute approximate surface area is 168 Å². The van der Waals surface area contributed by atoms with E-state index in [0.717, 1.165) is 0 Å². The fourth-order valence-electron chi connectivity index (χ4n) is 2.10. The number of carbonyl (C=O) groups is 1. The van der Waals surface area contributed by atoms with Gasteiger partial charge in [-0.3, -0.25) is 0 Å². The topological polar surface area (TPSA) is 68.6 Å². The quantitative estimate of drug-likeness (QED) is 0.572. The molecule has 28 heavy (non-hydrogen) atoms. The molecule has 0 aliphatic heterocycles. The number of alkyl halides is 3. The highest BCUT2D eigenvalue weighted by Crippen LogP contribution is 2.42. The van der Waals surface area contributed by atoms with E-state index < -0.39 is 23.8 Å². The van der Waals surface area contributed by atoms with Gasteiger partial charge in [-0.15, -0.1) is 0 Å². The van der Waals surface area contributed by atoms with Gasteiger partial charge in [-0.1, -0.05) is 23.2 Å². The first-order chi connectivity index (χ1) is 13.1. The Balaban J connectivity index is 2.36. The van der Waals surface area contributed by atoms with Crippen molar-refractivity contribution < 1.29 is 32.2 Å². The van der Waals surface area contributed by atoms with Crippen LogP contribution in [0.4, 0.5) is 13.2 Å². The van der Waals surface area contributed by atoms with Gasteiger partial charge in [0.1, 0.15) is 17.6 Å². The lowest BCUT2D eigenvalue weighted by molar-refractivity contribution is -0.148. The molecule has 2 aromatic carbocycles. The zero-order valence-electron chi connectivity index (χ0n) is 14.4. The van der Waals surface area contributed by atoms with Crippen LogP contribution in [0.3, 0.4) is 0 Å². The summed E-state index contributed by atoms with van der Waals surface area (Å²) in [4.78, 5) is 11.5. The first kappa shape index (κ1) is 21.7. The molecule has 5 nitrogen and oxygen atoms in total. The lowest BCUT2D eigenvalue weighted by Crippen LogP contribution is -2.25. The first-order valence-corrected chi connectivity index (χ1v) is 8.35. The fraction of sp³-hybridized carbons (Fsp3) is 0.222. The summed E-state index contributed by atoms with van der Waals surface area (Å²) in [7, 11) is 1.18. The maximum atomic E-state index is 12.8. The van der Waals surface area contributed by atoms with Crippen LogP contribution in [-0.4, -0.2) is 19.2 Å². The summed E-state index contributed by atoms with van der Waals surface area (Å²) in [6, 6.07) is 7.25. The van der Waals surface area contributed by atoms with Crippen LogP contribution in [0.1, 0.15) is 18.1 Å². The summed E-state index contributed by atoms with van der Waals surface area (Å²) in [6.45, 7) is 1.42. The summed E-state index contributed by atoms with van der Waals surface area (Å²) in [5.41, 5.74) is -0.918. The fourth-order valence-corrected chi connectivity index (χ4v) is 2.66. The van der Waals surface area contributed by atoms with Crippen LogP contribution in [0, 0.1) is 11.3 Å². The third-order valence-electron chi connectivity index (χ3n) is 3.46. The Kier molecular flexibility index (Phi) is 6.65. The summed E-state index contributed by atoms with van der Waals surface area (Å²) in [5.74, 6) is -0.774. The Morgan fingerprint density at radius 3 is 2.29 bits per heavy atom. The van der Waals surface area contributed by atoms with E-state index in [2.05, 4.69) is 4.74 Å². The maximum absolute atomic E-state index is 12.8. The predicted molar refractivity (Wildman–Crippen MR) is 94.8 cm³/mol. The second kappa shape index (κ2) is 8.59. The highest BCUT2D eigenvalue weighted by Gasteiger charge is 2.32. The van der Waals surface area contributed by atoms with Crippen LogP contribution in [0.5, 0.6) is 17.2 Å². The predicted octanol–water partition coefficient (Wildman–Crippen LogP) is 5.62. The maximum Gasteiger partial charge on any atom is 0.416 e. The first-order valence-electron chi connectivity index (χ1n) is 7.59. The summed E-state index contributed by atoms with van der Waals surface area (Å²) in [6.07, 6.45) is -5.63. The van der Waals surface area contributed by atoms with Crippen molar-refractivity contribution in [2.75, 3.05) is 7.11 Å². The molecule has 0 amide bonds. The van der Waals surface area contributed by atoms with E-state index in [1.807, 2.05) is 6.07 Å². The molecule has 0 fully saturated rings. The van der Waals surface area contributed by atoms with Gasteiger partial charge in [0.25, 0.3) is 0 Å². The van der Waals surface area contributed by atoms with Gasteiger partial charge in [0.05, 0.1) is 28.3 Å². The van der Waals surface area contributed by atoms with Gasteiger partial charge in [0, 0.05) is 6.07 Å². The van der Waals surface area contributed by atoms with Gasteiger partial charge in [-0.05, 0) is 31.2 Å². The molecule has 0 saturated heterocycles. The average molecular weight is 434 g/mol. The van der Waals surface area contributed by atoms with Crippen molar-refractivity contribution in [3.8, 4) is 23.3 Å². The number of ether oxygens (including phenoxy) is 3. The van der Waals surface area contributed by atoms with Crippen molar-refractivity contribution in [3.05, 3.63) is 51.5 Å². The number of methoxy groups -OCH3 is 1. The van der Waals surface area contributed by atoms with Gasteiger partial charge in [0.15, 0.2) is 11.9 Å². The van der Waals surface area contributed by atoms with E-state index in [9.17, 15) is 18.0 Å². The molecule has 2 aromatic rings. The van der Waals surface area contributed by atoms with Crippen LogP contribution >= 0.6 is 23.2 Å². The standard InChI is InChI=1S/C18H12Cl2F3NO4/c1-9(17(25)26-2)27-15-7-12(4-3-10(15)8-24)28-16-13(19)5-11(6-14(16)20)18(21,22)23/h3-7,9H,1-2H3. The third kappa shape index (κ3) is 5.00.